The van der Waals surface area contributed by atoms with Crippen LogP contribution >= 0.6 is 11.6 Å². The first kappa shape index (κ1) is 17.1. The van der Waals surface area contributed by atoms with Gasteiger partial charge in [0.2, 0.25) is 5.91 Å². The predicted molar refractivity (Wildman–Crippen MR) is 90.0 cm³/mol. The summed E-state index contributed by atoms with van der Waals surface area (Å²) in [4.78, 5) is 24.4. The highest BCUT2D eigenvalue weighted by molar-refractivity contribution is 6.30. The Kier molecular flexibility index (Phi) is 4.54. The van der Waals surface area contributed by atoms with Gasteiger partial charge in [0.15, 0.2) is 5.65 Å². The molecule has 130 valence electrons. The number of amides is 1. The molecule has 9 heteroatoms. The zero-order valence-corrected chi connectivity index (χ0v) is 14.3. The fraction of sp³-hybridized carbons (Fsp3) is 0.250. The van der Waals surface area contributed by atoms with Gasteiger partial charge in [-0.25, -0.2) is 13.9 Å². The molecule has 0 saturated carbocycles. The molecule has 1 amide bonds. The van der Waals surface area contributed by atoms with Gasteiger partial charge < -0.3 is 5.32 Å². The summed E-state index contributed by atoms with van der Waals surface area (Å²) in [6.07, 6.45) is 1.54. The number of rotatable bonds is 4. The Labute approximate surface area is 147 Å². The Hall–Kier alpha value is -2.74. The van der Waals surface area contributed by atoms with Crippen molar-refractivity contribution in [1.82, 2.24) is 24.7 Å². The highest BCUT2D eigenvalue weighted by Crippen LogP contribution is 2.20. The molecule has 0 saturated heterocycles. The first-order valence-electron chi connectivity index (χ1n) is 7.52. The maximum atomic E-state index is 13.5. The normalized spacial score (nSPS) is 12.3. The van der Waals surface area contributed by atoms with Gasteiger partial charge in [-0.3, -0.25) is 4.79 Å². The molecule has 0 spiro atoms. The minimum atomic E-state index is -0.557. The minimum Gasteiger partial charge on any atom is -0.348 e. The quantitative estimate of drug-likeness (QED) is 0.767. The van der Waals surface area contributed by atoms with Crippen molar-refractivity contribution < 1.29 is 9.18 Å². The maximum absolute atomic E-state index is 13.5. The number of hydrogen-bond acceptors (Lipinski definition) is 4. The van der Waals surface area contributed by atoms with E-state index in [4.69, 9.17) is 11.6 Å². The summed E-state index contributed by atoms with van der Waals surface area (Å²) in [6, 6.07) is 5.56. The van der Waals surface area contributed by atoms with Gasteiger partial charge in [-0.1, -0.05) is 17.7 Å². The van der Waals surface area contributed by atoms with Gasteiger partial charge in [-0.05, 0) is 43.2 Å². The predicted octanol–water partition coefficient (Wildman–Crippen LogP) is 1.87. The van der Waals surface area contributed by atoms with Crippen molar-refractivity contribution in [1.29, 1.82) is 0 Å². The van der Waals surface area contributed by atoms with Gasteiger partial charge >= 0.3 is 5.69 Å². The highest BCUT2D eigenvalue weighted by atomic mass is 35.5. The van der Waals surface area contributed by atoms with E-state index in [-0.39, 0.29) is 11.6 Å². The highest BCUT2D eigenvalue weighted by Gasteiger charge is 2.15. The average Bonchev–Trinajstić information content (AvgIpc) is 2.85. The van der Waals surface area contributed by atoms with E-state index in [0.29, 0.717) is 11.2 Å². The molecule has 1 atom stereocenters. The number of carbonyl (C=O) groups excluding carboxylic acids is 1. The van der Waals surface area contributed by atoms with Gasteiger partial charge in [0, 0.05) is 0 Å². The van der Waals surface area contributed by atoms with Crippen LogP contribution in [0.5, 0.6) is 0 Å². The van der Waals surface area contributed by atoms with Gasteiger partial charge in [0.05, 0.1) is 17.3 Å². The third kappa shape index (κ3) is 3.53. The molecule has 25 heavy (non-hydrogen) atoms. The van der Waals surface area contributed by atoms with E-state index in [9.17, 15) is 14.0 Å². The van der Waals surface area contributed by atoms with Crippen molar-refractivity contribution in [3.05, 3.63) is 62.9 Å². The van der Waals surface area contributed by atoms with Crippen LogP contribution in [0.15, 0.2) is 35.3 Å². The van der Waals surface area contributed by atoms with E-state index >= 15 is 0 Å². The number of carbonyl (C=O) groups is 1. The number of hydrogen-bond donors (Lipinski definition) is 1. The molecule has 0 aliphatic rings. The van der Waals surface area contributed by atoms with E-state index in [1.165, 1.54) is 18.3 Å². The summed E-state index contributed by atoms with van der Waals surface area (Å²) >= 11 is 5.65. The van der Waals surface area contributed by atoms with Crippen LogP contribution < -0.4 is 11.0 Å². The van der Waals surface area contributed by atoms with Gasteiger partial charge in [-0.15, -0.1) is 5.10 Å². The molecule has 1 aromatic carbocycles. The molecular weight excluding hydrogens is 349 g/mol. The minimum absolute atomic E-state index is 0.0151. The average molecular weight is 364 g/mol. The summed E-state index contributed by atoms with van der Waals surface area (Å²) in [5.41, 5.74) is 1.28. The number of nitrogens with one attached hydrogen (secondary N) is 1. The Balaban J connectivity index is 1.75. The molecule has 3 aromatic rings. The number of aromatic nitrogens is 4. The molecule has 0 fully saturated rings. The molecule has 2 heterocycles. The van der Waals surface area contributed by atoms with E-state index in [1.807, 2.05) is 6.92 Å². The van der Waals surface area contributed by atoms with Crippen LogP contribution in [0.3, 0.4) is 0 Å². The first-order chi connectivity index (χ1) is 11.8. The van der Waals surface area contributed by atoms with Crippen molar-refractivity contribution in [2.45, 2.75) is 26.4 Å². The number of nitrogens with zero attached hydrogens (tertiary/aromatic N) is 4. The van der Waals surface area contributed by atoms with Crippen LogP contribution in [0, 0.1) is 12.7 Å². The molecular formula is C16H15ClFN5O2. The van der Waals surface area contributed by atoms with Crippen LogP contribution in [0.4, 0.5) is 4.39 Å². The topological polar surface area (TPSA) is 81.3 Å². The second-order valence-corrected chi connectivity index (χ2v) is 6.11. The summed E-state index contributed by atoms with van der Waals surface area (Å²) < 4.78 is 15.7. The summed E-state index contributed by atoms with van der Waals surface area (Å²) in [6.45, 7) is 3.27. The second kappa shape index (κ2) is 6.64. The van der Waals surface area contributed by atoms with Crippen LogP contribution in [-0.4, -0.2) is 25.3 Å². The van der Waals surface area contributed by atoms with Gasteiger partial charge in [-0.2, -0.15) is 9.61 Å². The van der Waals surface area contributed by atoms with Crippen molar-refractivity contribution in [2.75, 3.05) is 0 Å². The van der Waals surface area contributed by atoms with Crippen LogP contribution in [-0.2, 0) is 11.3 Å². The van der Waals surface area contributed by atoms with E-state index in [2.05, 4.69) is 15.5 Å². The zero-order chi connectivity index (χ0) is 18.1. The second-order valence-electron chi connectivity index (χ2n) is 5.71. The first-order valence-corrected chi connectivity index (χ1v) is 7.90. The molecule has 0 radical (unpaired) electrons. The number of aryl methyl sites for hydroxylation is 1. The molecule has 7 nitrogen and oxygen atoms in total. The summed E-state index contributed by atoms with van der Waals surface area (Å²) in [5.74, 6) is -0.983. The number of benzene rings is 1. The smallest absolute Gasteiger partial charge is 0.348 e. The Morgan fingerprint density at radius 2 is 2.16 bits per heavy atom. The maximum Gasteiger partial charge on any atom is 0.367 e. The monoisotopic (exact) mass is 363 g/mol. The third-order valence-electron chi connectivity index (χ3n) is 3.69. The van der Waals surface area contributed by atoms with Crippen molar-refractivity contribution >= 4 is 23.2 Å². The molecule has 2 aromatic heterocycles. The molecule has 0 aliphatic heterocycles. The van der Waals surface area contributed by atoms with E-state index in [1.54, 1.807) is 19.1 Å². The lowest BCUT2D eigenvalue weighted by molar-refractivity contribution is -0.122. The van der Waals surface area contributed by atoms with Crippen molar-refractivity contribution in [3.63, 3.8) is 0 Å². The largest absolute Gasteiger partial charge is 0.367 e. The fourth-order valence-corrected chi connectivity index (χ4v) is 2.51. The Morgan fingerprint density at radius 3 is 2.88 bits per heavy atom. The third-order valence-corrected chi connectivity index (χ3v) is 4.00. The summed E-state index contributed by atoms with van der Waals surface area (Å²) in [5, 5.41) is 10.8. The van der Waals surface area contributed by atoms with Gasteiger partial charge in [0.25, 0.3) is 0 Å². The number of fused-ring (bicyclic) bond motifs is 1. The van der Waals surface area contributed by atoms with Crippen LogP contribution in [0.25, 0.3) is 5.65 Å². The fourth-order valence-electron chi connectivity index (χ4n) is 2.40. The van der Waals surface area contributed by atoms with Gasteiger partial charge in [0.1, 0.15) is 12.4 Å². The van der Waals surface area contributed by atoms with E-state index in [0.717, 1.165) is 14.8 Å². The number of halogens is 2. The lowest BCUT2D eigenvalue weighted by Gasteiger charge is -2.14. The van der Waals surface area contributed by atoms with Crippen LogP contribution in [0.1, 0.15) is 24.1 Å². The Bertz CT molecular complexity index is 1010. The molecule has 1 N–H and O–H groups in total. The molecule has 0 bridgehead atoms. The lowest BCUT2D eigenvalue weighted by atomic mass is 10.1. The Morgan fingerprint density at radius 1 is 1.40 bits per heavy atom. The van der Waals surface area contributed by atoms with Crippen molar-refractivity contribution in [2.24, 2.45) is 0 Å². The molecule has 3 rings (SSSR count). The van der Waals surface area contributed by atoms with Crippen molar-refractivity contribution in [3.8, 4) is 0 Å². The molecule has 0 aliphatic carbocycles. The molecule has 0 unspecified atom stereocenters. The van der Waals surface area contributed by atoms with Crippen LogP contribution in [0.2, 0.25) is 5.02 Å². The standard InChI is InChI=1S/C16H15ClFN5O2/c1-9-5-14-21-22(16(25)23(14)19-7-9)8-15(24)20-10(2)11-3-4-12(17)13(18)6-11/h3-7,10H,8H2,1-2H3,(H,20,24)/t10-/m0/s1. The SMILES string of the molecule is Cc1cnn2c(=O)n(CC(=O)N[C@@H](C)c3ccc(Cl)c(F)c3)nc2c1. The zero-order valence-electron chi connectivity index (χ0n) is 13.5. The summed E-state index contributed by atoms with van der Waals surface area (Å²) in [7, 11) is 0. The van der Waals surface area contributed by atoms with E-state index < -0.39 is 23.5 Å². The lowest BCUT2D eigenvalue weighted by Crippen LogP contribution is -2.34.